The Balaban J connectivity index is 1.73. The highest BCUT2D eigenvalue weighted by Gasteiger charge is 2.22. The van der Waals surface area contributed by atoms with Gasteiger partial charge in [-0.15, -0.1) is 0 Å². The second-order valence-corrected chi connectivity index (χ2v) is 8.89. The van der Waals surface area contributed by atoms with Gasteiger partial charge in [0, 0.05) is 17.2 Å². The van der Waals surface area contributed by atoms with Crippen LogP contribution in [0.25, 0.3) is 22.6 Å². The van der Waals surface area contributed by atoms with Gasteiger partial charge in [0.15, 0.2) is 5.76 Å². The lowest BCUT2D eigenvalue weighted by molar-refractivity contribution is 0.433. The van der Waals surface area contributed by atoms with Crippen molar-refractivity contribution in [3.05, 3.63) is 95.1 Å². The van der Waals surface area contributed by atoms with Gasteiger partial charge in [0.25, 0.3) is 0 Å². The summed E-state index contributed by atoms with van der Waals surface area (Å²) < 4.78 is 29.8. The van der Waals surface area contributed by atoms with Crippen molar-refractivity contribution in [3.63, 3.8) is 0 Å². The molecule has 0 aliphatic heterocycles. The van der Waals surface area contributed by atoms with Crippen molar-refractivity contribution in [1.29, 1.82) is 0 Å². The van der Waals surface area contributed by atoms with E-state index in [4.69, 9.17) is 9.66 Å². The highest BCUT2D eigenvalue weighted by molar-refractivity contribution is 7.89. The quantitative estimate of drug-likeness (QED) is 0.501. The van der Waals surface area contributed by atoms with Crippen LogP contribution in [0.15, 0.2) is 82.2 Å². The molecule has 3 aromatic carbocycles. The summed E-state index contributed by atoms with van der Waals surface area (Å²) in [7, 11) is -3.91. The van der Waals surface area contributed by atoms with Gasteiger partial charge in [0.2, 0.25) is 10.0 Å². The van der Waals surface area contributed by atoms with E-state index in [0.717, 1.165) is 28.7 Å². The molecule has 0 aliphatic carbocycles. The van der Waals surface area contributed by atoms with Crippen LogP contribution in [0.3, 0.4) is 0 Å². The number of rotatable bonds is 5. The molecule has 2 N–H and O–H groups in total. The van der Waals surface area contributed by atoms with E-state index >= 15 is 0 Å². The number of hydrogen-bond donors (Lipinski definition) is 1. The smallest absolute Gasteiger partial charge is 0.238 e. The van der Waals surface area contributed by atoms with Crippen LogP contribution in [-0.2, 0) is 16.4 Å². The Kier molecular flexibility index (Phi) is 5.28. The van der Waals surface area contributed by atoms with Crippen molar-refractivity contribution in [2.24, 2.45) is 5.14 Å². The van der Waals surface area contributed by atoms with Crippen molar-refractivity contribution in [2.45, 2.75) is 25.2 Å². The number of sulfonamides is 1. The Hall–Kier alpha value is -3.22. The first-order chi connectivity index (χ1) is 14.3. The summed E-state index contributed by atoms with van der Waals surface area (Å²) in [4.78, 5) is 0.0335. The molecule has 0 spiro atoms. The number of aromatic nitrogens is 1. The van der Waals surface area contributed by atoms with E-state index in [0.29, 0.717) is 17.0 Å². The molecule has 1 aromatic heterocycles. The summed E-state index contributed by atoms with van der Waals surface area (Å²) in [6, 6.07) is 23.3. The fraction of sp³-hybridized carbons (Fsp3) is 0.125. The zero-order valence-corrected chi connectivity index (χ0v) is 17.6. The average molecular weight is 419 g/mol. The molecule has 152 valence electrons. The maximum atomic E-state index is 12.1. The molecular formula is C24H22N2O3S. The Morgan fingerprint density at radius 3 is 2.37 bits per heavy atom. The lowest BCUT2D eigenvalue weighted by atomic mass is 9.99. The molecule has 0 fully saturated rings. The third-order valence-corrected chi connectivity index (χ3v) is 6.19. The molecule has 5 nitrogen and oxygen atoms in total. The molecule has 0 saturated heterocycles. The highest BCUT2D eigenvalue weighted by Crippen LogP contribution is 2.34. The monoisotopic (exact) mass is 418 g/mol. The lowest BCUT2D eigenvalue weighted by Gasteiger charge is -2.10. The summed E-state index contributed by atoms with van der Waals surface area (Å²) in [5.41, 5.74) is 6.12. The molecule has 6 heteroatoms. The van der Waals surface area contributed by atoms with Gasteiger partial charge < -0.3 is 4.52 Å². The zero-order valence-electron chi connectivity index (χ0n) is 16.8. The molecular weight excluding hydrogens is 396 g/mol. The van der Waals surface area contributed by atoms with Crippen LogP contribution < -0.4 is 5.14 Å². The minimum absolute atomic E-state index is 0.0335. The first-order valence-electron chi connectivity index (χ1n) is 9.56. The molecule has 0 amide bonds. The molecule has 4 rings (SSSR count). The van der Waals surface area contributed by atoms with Crippen LogP contribution in [0.5, 0.6) is 0 Å². The number of hydrogen-bond acceptors (Lipinski definition) is 4. The summed E-state index contributed by atoms with van der Waals surface area (Å²) in [6.45, 7) is 3.76. The molecule has 0 atom stereocenters. The van der Waals surface area contributed by atoms with Gasteiger partial charge in [-0.2, -0.15) is 0 Å². The van der Waals surface area contributed by atoms with Gasteiger partial charge in [-0.1, -0.05) is 59.8 Å². The Labute approximate surface area is 176 Å². The van der Waals surface area contributed by atoms with Crippen LogP contribution in [-0.4, -0.2) is 13.6 Å². The summed E-state index contributed by atoms with van der Waals surface area (Å²) >= 11 is 0. The normalized spacial score (nSPS) is 11.6. The first kappa shape index (κ1) is 20.1. The number of nitrogens with two attached hydrogens (primary N) is 1. The number of benzene rings is 3. The molecule has 30 heavy (non-hydrogen) atoms. The molecule has 0 radical (unpaired) electrons. The average Bonchev–Trinajstić information content (AvgIpc) is 3.20. The van der Waals surface area contributed by atoms with Crippen molar-refractivity contribution in [2.75, 3.05) is 0 Å². The summed E-state index contributed by atoms with van der Waals surface area (Å²) in [5.74, 6) is 0.378. The Morgan fingerprint density at radius 1 is 0.900 bits per heavy atom. The largest absolute Gasteiger partial charge is 0.356 e. The lowest BCUT2D eigenvalue weighted by Crippen LogP contribution is -2.14. The van der Waals surface area contributed by atoms with Gasteiger partial charge in [-0.05, 0) is 54.7 Å². The zero-order chi connectivity index (χ0) is 21.3. The van der Waals surface area contributed by atoms with E-state index in [9.17, 15) is 8.42 Å². The van der Waals surface area contributed by atoms with E-state index in [1.165, 1.54) is 11.6 Å². The highest BCUT2D eigenvalue weighted by atomic mass is 32.2. The van der Waals surface area contributed by atoms with E-state index < -0.39 is 10.0 Å². The van der Waals surface area contributed by atoms with Gasteiger partial charge in [0.1, 0.15) is 5.69 Å². The Bertz CT molecular complexity index is 1310. The molecule has 4 aromatic rings. The van der Waals surface area contributed by atoms with Crippen LogP contribution in [0.4, 0.5) is 0 Å². The van der Waals surface area contributed by atoms with Crippen molar-refractivity contribution < 1.29 is 12.9 Å². The van der Waals surface area contributed by atoms with Crippen molar-refractivity contribution >= 4 is 10.0 Å². The minimum atomic E-state index is -3.91. The van der Waals surface area contributed by atoms with Crippen molar-refractivity contribution in [3.8, 4) is 22.6 Å². The van der Waals surface area contributed by atoms with Gasteiger partial charge >= 0.3 is 0 Å². The first-order valence-corrected chi connectivity index (χ1v) is 11.1. The van der Waals surface area contributed by atoms with Gasteiger partial charge in [-0.3, -0.25) is 0 Å². The number of aryl methyl sites for hydroxylation is 1. The van der Waals surface area contributed by atoms with Gasteiger partial charge in [-0.25, -0.2) is 13.6 Å². The Morgan fingerprint density at radius 2 is 1.63 bits per heavy atom. The topological polar surface area (TPSA) is 86.2 Å². The van der Waals surface area contributed by atoms with Crippen LogP contribution in [0, 0.1) is 13.8 Å². The van der Waals surface area contributed by atoms with E-state index in [1.807, 2.05) is 44.2 Å². The van der Waals surface area contributed by atoms with Crippen LogP contribution in [0.1, 0.15) is 22.3 Å². The molecule has 1 heterocycles. The SMILES string of the molecule is Cc1ccc(S(N)(=O)=O)c(-c2cc(-c3cccc(Cc4ccccc4)c3)no2)c1C. The fourth-order valence-corrected chi connectivity index (χ4v) is 4.33. The number of primary sulfonamides is 1. The minimum Gasteiger partial charge on any atom is -0.356 e. The van der Waals surface area contributed by atoms with Crippen LogP contribution in [0.2, 0.25) is 0 Å². The third kappa shape index (κ3) is 4.06. The van der Waals surface area contributed by atoms with Crippen molar-refractivity contribution in [1.82, 2.24) is 5.16 Å². The predicted molar refractivity (Wildman–Crippen MR) is 117 cm³/mol. The molecule has 0 unspecified atom stereocenters. The maximum absolute atomic E-state index is 12.1. The second kappa shape index (κ2) is 7.89. The molecule has 0 saturated carbocycles. The predicted octanol–water partition coefficient (Wildman–Crippen LogP) is 4.86. The molecule has 0 bridgehead atoms. The fourth-order valence-electron chi connectivity index (χ4n) is 3.54. The third-order valence-electron chi connectivity index (χ3n) is 5.23. The van der Waals surface area contributed by atoms with E-state index in [2.05, 4.69) is 29.4 Å². The summed E-state index contributed by atoms with van der Waals surface area (Å²) in [6.07, 6.45) is 0.811. The van der Waals surface area contributed by atoms with Gasteiger partial charge in [0.05, 0.1) is 4.90 Å². The molecule has 0 aliphatic rings. The number of nitrogens with zero attached hydrogens (tertiary/aromatic N) is 1. The van der Waals surface area contributed by atoms with E-state index in [1.54, 1.807) is 12.1 Å². The van der Waals surface area contributed by atoms with E-state index in [-0.39, 0.29) is 4.90 Å². The standard InChI is InChI=1S/C24H22N2O3S/c1-16-11-12-23(30(25,27)28)24(17(16)2)22-15-21(26-29-22)20-10-6-9-19(14-20)13-18-7-4-3-5-8-18/h3-12,14-15H,13H2,1-2H3,(H2,25,27,28). The second-order valence-electron chi connectivity index (χ2n) is 7.36. The summed E-state index contributed by atoms with van der Waals surface area (Å²) in [5, 5.41) is 9.63. The maximum Gasteiger partial charge on any atom is 0.238 e. The van der Waals surface area contributed by atoms with Crippen LogP contribution >= 0.6 is 0 Å².